The SMILES string of the molecule is Cc1cc(C)c(-c2nc(Br)c3cnccn23)c(C)c1. The predicted octanol–water partition coefficient (Wildman–Crippen LogP) is 4.08. The van der Waals surface area contributed by atoms with Gasteiger partial charge in [0.05, 0.1) is 11.7 Å². The van der Waals surface area contributed by atoms with E-state index in [1.54, 1.807) is 6.20 Å². The Morgan fingerprint density at radius 2 is 1.79 bits per heavy atom. The fraction of sp³-hybridized carbons (Fsp3) is 0.200. The number of aromatic nitrogens is 3. The molecule has 0 radical (unpaired) electrons. The quantitative estimate of drug-likeness (QED) is 0.677. The molecular weight excluding hydrogens is 302 g/mol. The van der Waals surface area contributed by atoms with E-state index in [4.69, 9.17) is 0 Å². The summed E-state index contributed by atoms with van der Waals surface area (Å²) in [4.78, 5) is 8.80. The largest absolute Gasteiger partial charge is 0.296 e. The van der Waals surface area contributed by atoms with Gasteiger partial charge in [-0.25, -0.2) is 4.98 Å². The van der Waals surface area contributed by atoms with Gasteiger partial charge in [0.2, 0.25) is 0 Å². The second kappa shape index (κ2) is 4.46. The number of hydrogen-bond donors (Lipinski definition) is 0. The van der Waals surface area contributed by atoms with Gasteiger partial charge in [0.25, 0.3) is 0 Å². The average molecular weight is 316 g/mol. The summed E-state index contributed by atoms with van der Waals surface area (Å²) in [6.07, 6.45) is 5.55. The molecule has 0 atom stereocenters. The molecule has 0 saturated carbocycles. The predicted molar refractivity (Wildman–Crippen MR) is 80.3 cm³/mol. The van der Waals surface area contributed by atoms with Crippen molar-refractivity contribution in [1.29, 1.82) is 0 Å². The Morgan fingerprint density at radius 1 is 1.11 bits per heavy atom. The van der Waals surface area contributed by atoms with Gasteiger partial charge in [-0.3, -0.25) is 9.38 Å². The van der Waals surface area contributed by atoms with Gasteiger partial charge in [-0.1, -0.05) is 17.7 Å². The van der Waals surface area contributed by atoms with Crippen LogP contribution >= 0.6 is 15.9 Å². The van der Waals surface area contributed by atoms with Gasteiger partial charge in [-0.15, -0.1) is 0 Å². The van der Waals surface area contributed by atoms with Crippen LogP contribution in [0.3, 0.4) is 0 Å². The van der Waals surface area contributed by atoms with Crippen LogP contribution in [0.15, 0.2) is 35.3 Å². The average Bonchev–Trinajstić information content (AvgIpc) is 2.67. The molecule has 0 spiro atoms. The van der Waals surface area contributed by atoms with Crippen molar-refractivity contribution in [2.75, 3.05) is 0 Å². The second-order valence-electron chi connectivity index (χ2n) is 4.83. The molecule has 2 heterocycles. The number of nitrogens with zero attached hydrogens (tertiary/aromatic N) is 3. The first-order valence-corrected chi connectivity index (χ1v) is 6.93. The van der Waals surface area contributed by atoms with E-state index in [9.17, 15) is 0 Å². The Kier molecular flexibility index (Phi) is 2.90. The number of fused-ring (bicyclic) bond motifs is 1. The summed E-state index contributed by atoms with van der Waals surface area (Å²) >= 11 is 3.51. The fourth-order valence-corrected chi connectivity index (χ4v) is 3.07. The van der Waals surface area contributed by atoms with Crippen molar-refractivity contribution in [2.45, 2.75) is 20.8 Å². The molecule has 3 aromatic rings. The minimum Gasteiger partial charge on any atom is -0.296 e. The Morgan fingerprint density at radius 3 is 2.47 bits per heavy atom. The van der Waals surface area contributed by atoms with Crippen LogP contribution in [0.1, 0.15) is 16.7 Å². The van der Waals surface area contributed by atoms with Gasteiger partial charge in [-0.05, 0) is 47.8 Å². The van der Waals surface area contributed by atoms with E-state index >= 15 is 0 Å². The first kappa shape index (κ1) is 12.4. The Labute approximate surface area is 120 Å². The molecule has 1 aromatic carbocycles. The third kappa shape index (κ3) is 1.96. The molecule has 0 N–H and O–H groups in total. The van der Waals surface area contributed by atoms with Gasteiger partial charge < -0.3 is 0 Å². The van der Waals surface area contributed by atoms with Crippen molar-refractivity contribution in [3.05, 3.63) is 52.0 Å². The van der Waals surface area contributed by atoms with Gasteiger partial charge in [-0.2, -0.15) is 0 Å². The van der Waals surface area contributed by atoms with Crippen LogP contribution in [0, 0.1) is 20.8 Å². The summed E-state index contributed by atoms with van der Waals surface area (Å²) in [5.74, 6) is 0.958. The normalized spacial score (nSPS) is 11.2. The first-order valence-electron chi connectivity index (χ1n) is 6.13. The van der Waals surface area contributed by atoms with Crippen LogP contribution in [0.5, 0.6) is 0 Å². The minimum absolute atomic E-state index is 0.829. The maximum Gasteiger partial charge on any atom is 0.146 e. The Bertz CT molecular complexity index is 751. The summed E-state index contributed by atoms with van der Waals surface area (Å²) in [6.45, 7) is 6.38. The number of halogens is 1. The number of imidazole rings is 1. The molecule has 4 heteroatoms. The summed E-state index contributed by atoms with van der Waals surface area (Å²) in [7, 11) is 0. The summed E-state index contributed by atoms with van der Waals surface area (Å²) in [5.41, 5.74) is 5.94. The standard InChI is InChI=1S/C15H14BrN3/c1-9-6-10(2)13(11(3)7-9)15-18-14(16)12-8-17-4-5-19(12)15/h4-8H,1-3H3. The molecule has 0 fully saturated rings. The second-order valence-corrected chi connectivity index (χ2v) is 5.58. The molecule has 96 valence electrons. The maximum atomic E-state index is 4.65. The fourth-order valence-electron chi connectivity index (χ4n) is 2.61. The zero-order valence-corrected chi connectivity index (χ0v) is 12.7. The maximum absolute atomic E-state index is 4.65. The number of aryl methyl sites for hydroxylation is 3. The van der Waals surface area contributed by atoms with Crippen molar-refractivity contribution < 1.29 is 0 Å². The minimum atomic E-state index is 0.829. The summed E-state index contributed by atoms with van der Waals surface area (Å²) in [5, 5.41) is 0. The Hall–Kier alpha value is -1.68. The summed E-state index contributed by atoms with van der Waals surface area (Å²) < 4.78 is 2.90. The molecule has 0 saturated heterocycles. The van der Waals surface area contributed by atoms with E-state index in [1.807, 2.05) is 12.4 Å². The van der Waals surface area contributed by atoms with Crippen molar-refractivity contribution >= 4 is 21.4 Å². The highest BCUT2D eigenvalue weighted by atomic mass is 79.9. The highest BCUT2D eigenvalue weighted by Gasteiger charge is 2.15. The van der Waals surface area contributed by atoms with Gasteiger partial charge in [0.1, 0.15) is 10.4 Å². The number of hydrogen-bond acceptors (Lipinski definition) is 2. The first-order chi connectivity index (χ1) is 9.08. The van der Waals surface area contributed by atoms with Crippen LogP contribution in [0.4, 0.5) is 0 Å². The Balaban J connectivity index is 2.37. The van der Waals surface area contributed by atoms with E-state index in [-0.39, 0.29) is 0 Å². The lowest BCUT2D eigenvalue weighted by Gasteiger charge is -2.10. The van der Waals surface area contributed by atoms with E-state index < -0.39 is 0 Å². The molecule has 0 aliphatic heterocycles. The molecule has 0 aliphatic rings. The van der Waals surface area contributed by atoms with Crippen LogP contribution in [-0.4, -0.2) is 14.4 Å². The van der Waals surface area contributed by atoms with Crippen LogP contribution in [-0.2, 0) is 0 Å². The van der Waals surface area contributed by atoms with Gasteiger partial charge in [0.15, 0.2) is 0 Å². The molecule has 0 bridgehead atoms. The topological polar surface area (TPSA) is 30.2 Å². The third-order valence-corrected chi connectivity index (χ3v) is 3.89. The number of benzene rings is 1. The molecule has 3 rings (SSSR count). The molecule has 0 amide bonds. The molecule has 2 aromatic heterocycles. The van der Waals surface area contributed by atoms with Gasteiger partial charge >= 0.3 is 0 Å². The van der Waals surface area contributed by atoms with Crippen molar-refractivity contribution in [1.82, 2.24) is 14.4 Å². The smallest absolute Gasteiger partial charge is 0.146 e. The zero-order valence-electron chi connectivity index (χ0n) is 11.1. The van der Waals surface area contributed by atoms with Crippen molar-refractivity contribution in [3.8, 4) is 11.4 Å². The number of rotatable bonds is 1. The van der Waals surface area contributed by atoms with E-state index in [0.29, 0.717) is 0 Å². The van der Waals surface area contributed by atoms with Crippen LogP contribution < -0.4 is 0 Å². The molecule has 19 heavy (non-hydrogen) atoms. The zero-order chi connectivity index (χ0) is 13.6. The highest BCUT2D eigenvalue weighted by Crippen LogP contribution is 2.30. The highest BCUT2D eigenvalue weighted by molar-refractivity contribution is 9.10. The monoisotopic (exact) mass is 315 g/mol. The third-order valence-electron chi connectivity index (χ3n) is 3.30. The summed E-state index contributed by atoms with van der Waals surface area (Å²) in [6, 6.07) is 4.39. The van der Waals surface area contributed by atoms with Crippen molar-refractivity contribution in [2.24, 2.45) is 0 Å². The van der Waals surface area contributed by atoms with Crippen LogP contribution in [0.25, 0.3) is 16.9 Å². The van der Waals surface area contributed by atoms with Crippen molar-refractivity contribution in [3.63, 3.8) is 0 Å². The van der Waals surface area contributed by atoms with E-state index in [2.05, 4.69) is 63.2 Å². The molecular formula is C15H14BrN3. The lowest BCUT2D eigenvalue weighted by atomic mass is 9.99. The molecule has 0 unspecified atom stereocenters. The van der Waals surface area contributed by atoms with E-state index in [0.717, 1.165) is 15.9 Å². The lowest BCUT2D eigenvalue weighted by Crippen LogP contribution is -1.95. The van der Waals surface area contributed by atoms with E-state index in [1.165, 1.54) is 22.3 Å². The molecule has 0 aliphatic carbocycles. The lowest BCUT2D eigenvalue weighted by molar-refractivity contribution is 1.11. The van der Waals surface area contributed by atoms with Gasteiger partial charge in [0, 0.05) is 18.0 Å². The van der Waals surface area contributed by atoms with Crippen LogP contribution in [0.2, 0.25) is 0 Å². The molecule has 3 nitrogen and oxygen atoms in total.